The molecular weight excluding hydrogens is 404 g/mol. The molecule has 0 radical (unpaired) electrons. The third-order valence-corrected chi connectivity index (χ3v) is 5.55. The minimum absolute atomic E-state index is 0.205. The molecule has 11 heteroatoms. The second kappa shape index (κ2) is 7.15. The molecule has 0 amide bonds. The van der Waals surface area contributed by atoms with Crippen LogP contribution in [-0.4, -0.2) is 83.8 Å². The highest BCUT2D eigenvalue weighted by Crippen LogP contribution is 2.49. The maximum Gasteiger partial charge on any atom is 0.181 e. The molecule has 1 fully saturated rings. The first-order valence-electron chi connectivity index (χ1n) is 9.07. The molecule has 3 unspecified atom stereocenters. The molecule has 0 spiro atoms. The van der Waals surface area contributed by atoms with Gasteiger partial charge in [-0.3, -0.25) is 4.79 Å². The third kappa shape index (κ3) is 2.90. The Morgan fingerprint density at radius 3 is 2.27 bits per heavy atom. The number of fused-ring (bicyclic) bond motifs is 2. The highest BCUT2D eigenvalue weighted by Gasteiger charge is 2.48. The molecule has 0 bridgehead atoms. The van der Waals surface area contributed by atoms with Crippen molar-refractivity contribution in [2.75, 3.05) is 6.61 Å². The average molecular weight is 424 g/mol. The van der Waals surface area contributed by atoms with Crippen molar-refractivity contribution in [3.63, 3.8) is 0 Å². The number of benzene rings is 1. The topological polar surface area (TPSA) is 197 Å². The van der Waals surface area contributed by atoms with E-state index in [2.05, 4.69) is 0 Å². The molecule has 162 valence electrons. The van der Waals surface area contributed by atoms with Crippen LogP contribution in [0.1, 0.15) is 22.0 Å². The standard InChI is InChI=1S/C19H20O11/c20-4-11-15(25)17(27)18(28)19(30-11)12-8(23)3-10-13(16(12)26)14(24)5-1-6(21)7(22)2-9(5)29-10/h1-3,5,9,11,15,17-23,25-28H,4H2/t5?,9?,11-,15-,17+,18-,19?/m1/s1. The van der Waals surface area contributed by atoms with Crippen LogP contribution in [0.2, 0.25) is 0 Å². The normalized spacial score (nSPS) is 35.6. The lowest BCUT2D eigenvalue weighted by molar-refractivity contribution is -0.232. The highest BCUT2D eigenvalue weighted by atomic mass is 16.5. The zero-order chi connectivity index (χ0) is 21.9. The van der Waals surface area contributed by atoms with Gasteiger partial charge in [0.2, 0.25) is 0 Å². The summed E-state index contributed by atoms with van der Waals surface area (Å²) in [7, 11) is 0. The molecule has 1 aliphatic carbocycles. The summed E-state index contributed by atoms with van der Waals surface area (Å²) in [5.41, 5.74) is -0.802. The van der Waals surface area contributed by atoms with E-state index >= 15 is 0 Å². The number of rotatable bonds is 2. The van der Waals surface area contributed by atoms with Crippen LogP contribution in [0.3, 0.4) is 0 Å². The van der Waals surface area contributed by atoms with Crippen LogP contribution in [0.25, 0.3) is 0 Å². The Morgan fingerprint density at radius 2 is 1.60 bits per heavy atom. The average Bonchev–Trinajstić information content (AvgIpc) is 2.69. The number of carbonyl (C=O) groups is 1. The lowest BCUT2D eigenvalue weighted by atomic mass is 9.83. The van der Waals surface area contributed by atoms with Crippen molar-refractivity contribution in [2.24, 2.45) is 5.92 Å². The van der Waals surface area contributed by atoms with E-state index in [1.165, 1.54) is 0 Å². The minimum Gasteiger partial charge on any atom is -0.507 e. The van der Waals surface area contributed by atoms with Crippen molar-refractivity contribution in [3.8, 4) is 17.2 Å². The van der Waals surface area contributed by atoms with Crippen molar-refractivity contribution >= 4 is 5.78 Å². The highest BCUT2D eigenvalue weighted by molar-refractivity contribution is 6.06. The summed E-state index contributed by atoms with van der Waals surface area (Å²) in [5.74, 6) is -4.42. The van der Waals surface area contributed by atoms with Gasteiger partial charge in [-0.1, -0.05) is 0 Å². The summed E-state index contributed by atoms with van der Waals surface area (Å²) in [6.45, 7) is -0.723. The van der Waals surface area contributed by atoms with E-state index in [-0.39, 0.29) is 11.3 Å². The Balaban J connectivity index is 1.80. The minimum atomic E-state index is -1.80. The first-order valence-corrected chi connectivity index (χ1v) is 9.07. The molecule has 1 aromatic carbocycles. The molecule has 0 aromatic heterocycles. The summed E-state index contributed by atoms with van der Waals surface area (Å²) in [6.07, 6.45) is -6.92. The van der Waals surface area contributed by atoms with E-state index in [0.29, 0.717) is 0 Å². The maximum atomic E-state index is 13.0. The van der Waals surface area contributed by atoms with Crippen molar-refractivity contribution in [3.05, 3.63) is 40.9 Å². The molecule has 1 saturated heterocycles. The molecule has 3 aliphatic rings. The van der Waals surface area contributed by atoms with E-state index in [9.17, 15) is 45.6 Å². The first-order chi connectivity index (χ1) is 14.1. The maximum absolute atomic E-state index is 13.0. The van der Waals surface area contributed by atoms with E-state index < -0.39 is 83.5 Å². The molecule has 0 saturated carbocycles. The Kier molecular flexibility index (Phi) is 4.87. The summed E-state index contributed by atoms with van der Waals surface area (Å²) >= 11 is 0. The Hall–Kier alpha value is -2.83. The lowest BCUT2D eigenvalue weighted by Crippen LogP contribution is -2.55. The fourth-order valence-corrected chi connectivity index (χ4v) is 3.94. The van der Waals surface area contributed by atoms with Crippen molar-refractivity contribution < 1.29 is 55.1 Å². The Morgan fingerprint density at radius 1 is 0.933 bits per heavy atom. The number of hydrogen-bond acceptors (Lipinski definition) is 11. The van der Waals surface area contributed by atoms with Gasteiger partial charge in [-0.25, -0.2) is 0 Å². The van der Waals surface area contributed by atoms with Gasteiger partial charge < -0.3 is 50.3 Å². The molecule has 7 atom stereocenters. The van der Waals surface area contributed by atoms with Gasteiger partial charge in [-0.05, 0) is 6.08 Å². The van der Waals surface area contributed by atoms with Crippen LogP contribution in [0, 0.1) is 5.92 Å². The molecule has 30 heavy (non-hydrogen) atoms. The molecule has 2 aliphatic heterocycles. The van der Waals surface area contributed by atoms with Crippen molar-refractivity contribution in [1.82, 2.24) is 0 Å². The first kappa shape index (κ1) is 20.4. The van der Waals surface area contributed by atoms with Crippen molar-refractivity contribution in [1.29, 1.82) is 0 Å². The number of aliphatic hydroxyl groups is 6. The van der Waals surface area contributed by atoms with Crippen molar-refractivity contribution in [2.45, 2.75) is 36.6 Å². The number of hydrogen-bond donors (Lipinski definition) is 8. The largest absolute Gasteiger partial charge is 0.507 e. The second-order valence-electron chi connectivity index (χ2n) is 7.36. The fraction of sp³-hybridized carbons (Fsp3) is 0.421. The van der Waals surface area contributed by atoms with Gasteiger partial charge in [0.25, 0.3) is 0 Å². The smallest absolute Gasteiger partial charge is 0.181 e. The predicted molar refractivity (Wildman–Crippen MR) is 96.2 cm³/mol. The number of phenols is 2. The number of ether oxygens (including phenoxy) is 2. The number of phenolic OH excluding ortho intramolecular Hbond substituents is 2. The molecule has 4 rings (SSSR count). The monoisotopic (exact) mass is 424 g/mol. The quantitative estimate of drug-likeness (QED) is 0.292. The molecule has 2 heterocycles. The van der Waals surface area contributed by atoms with Gasteiger partial charge >= 0.3 is 0 Å². The van der Waals surface area contributed by atoms with Crippen LogP contribution in [0.15, 0.2) is 29.7 Å². The number of ketones is 1. The zero-order valence-corrected chi connectivity index (χ0v) is 15.3. The van der Waals surface area contributed by atoms with E-state index in [4.69, 9.17) is 9.47 Å². The third-order valence-electron chi connectivity index (χ3n) is 5.55. The molecule has 8 N–H and O–H groups in total. The van der Waals surface area contributed by atoms with E-state index in [1.54, 1.807) is 0 Å². The van der Waals surface area contributed by atoms with Gasteiger partial charge in [-0.2, -0.15) is 0 Å². The summed E-state index contributed by atoms with van der Waals surface area (Å²) in [6, 6.07) is 1.00. The lowest BCUT2D eigenvalue weighted by Gasteiger charge is -2.41. The summed E-state index contributed by atoms with van der Waals surface area (Å²) in [5, 5.41) is 80.1. The van der Waals surface area contributed by atoms with Crippen LogP contribution in [-0.2, 0) is 4.74 Å². The number of Topliss-reactive ketones (excluding diaryl/α,β-unsaturated/α-hetero) is 1. The fourth-order valence-electron chi connectivity index (χ4n) is 3.94. The SMILES string of the molecule is O=C1c2c(cc(O)c(C3O[C@H](CO)[C@@H](O)[C@H](O)[C@H]3O)c2O)OC2C=C(O)C(O)=CC12. The predicted octanol–water partition coefficient (Wildman–Crippen LogP) is -0.930. The number of aliphatic hydroxyl groups excluding tert-OH is 6. The van der Waals surface area contributed by atoms with Gasteiger partial charge in [0.05, 0.1) is 18.1 Å². The second-order valence-corrected chi connectivity index (χ2v) is 7.36. The van der Waals surface area contributed by atoms with Crippen LogP contribution >= 0.6 is 0 Å². The Bertz CT molecular complexity index is 950. The van der Waals surface area contributed by atoms with Crippen LogP contribution in [0.4, 0.5) is 0 Å². The van der Waals surface area contributed by atoms with Crippen LogP contribution in [0.5, 0.6) is 17.2 Å². The Labute approximate surface area is 169 Å². The molecule has 1 aromatic rings. The van der Waals surface area contributed by atoms with Gasteiger partial charge in [0.15, 0.2) is 17.3 Å². The summed E-state index contributed by atoms with van der Waals surface area (Å²) in [4.78, 5) is 13.0. The zero-order valence-electron chi connectivity index (χ0n) is 15.3. The summed E-state index contributed by atoms with van der Waals surface area (Å²) < 4.78 is 10.9. The van der Waals surface area contributed by atoms with E-state index in [1.807, 2.05) is 0 Å². The van der Waals surface area contributed by atoms with Gasteiger partial charge in [0, 0.05) is 12.1 Å². The molecule has 11 nitrogen and oxygen atoms in total. The van der Waals surface area contributed by atoms with Gasteiger partial charge in [-0.15, -0.1) is 0 Å². The molecular formula is C19H20O11. The van der Waals surface area contributed by atoms with Crippen LogP contribution < -0.4 is 4.74 Å². The number of aromatic hydroxyl groups is 2. The van der Waals surface area contributed by atoms with Gasteiger partial charge in [0.1, 0.15) is 59.4 Å². The number of carbonyl (C=O) groups excluding carboxylic acids is 1. The van der Waals surface area contributed by atoms with E-state index in [0.717, 1.165) is 18.2 Å².